The predicted octanol–water partition coefficient (Wildman–Crippen LogP) is 1.24. The fraction of sp³-hybridized carbons (Fsp3) is 1.00. The third-order valence-corrected chi connectivity index (χ3v) is 0. The summed E-state index contributed by atoms with van der Waals surface area (Å²) in [6.07, 6.45) is 0. The Morgan fingerprint density at radius 3 is 1.75 bits per heavy atom. The Kier molecular flexibility index (Phi) is 19.9. The van der Waals surface area contributed by atoms with Crippen LogP contribution in [0.15, 0.2) is 0 Å². The second-order valence-electron chi connectivity index (χ2n) is 0.267. The van der Waals surface area contributed by atoms with Gasteiger partial charge in [0.1, 0.15) is 0 Å². The second kappa shape index (κ2) is 8.90. The molecule has 0 spiro atoms. The van der Waals surface area contributed by atoms with Crippen molar-refractivity contribution < 1.29 is 26.2 Å². The van der Waals surface area contributed by atoms with Crippen molar-refractivity contribution in [3.8, 4) is 0 Å². The fourth-order valence-electron chi connectivity index (χ4n) is 0. The van der Waals surface area contributed by atoms with Gasteiger partial charge in [-0.05, 0) is 0 Å². The zero-order valence-corrected chi connectivity index (χ0v) is 5.80. The molecule has 0 aliphatic heterocycles. The monoisotopic (exact) mass is 154 g/mol. The van der Waals surface area contributed by atoms with Crippen LogP contribution in [0.5, 0.6) is 0 Å². The largest absolute Gasteiger partial charge is 2.00 e. The topological polar surface area (TPSA) is 0 Å². The molecule has 0 unspecified atom stereocenters. The van der Waals surface area contributed by atoms with E-state index in [1.165, 1.54) is 0 Å². The van der Waals surface area contributed by atoms with Crippen LogP contribution in [0.3, 0.4) is 0 Å². The van der Waals surface area contributed by atoms with Gasteiger partial charge in [-0.1, -0.05) is 6.92 Å². The standard InChI is InChI=1S/C2H5Cl.Zr/c1-2-3;/h2H2,1H3;/q;+2. The molecule has 0 heterocycles. The van der Waals surface area contributed by atoms with Crippen LogP contribution in [0.2, 0.25) is 0 Å². The minimum atomic E-state index is 0. The molecule has 0 atom stereocenters. The van der Waals surface area contributed by atoms with Crippen molar-refractivity contribution in [1.29, 1.82) is 0 Å². The van der Waals surface area contributed by atoms with Gasteiger partial charge in [0.2, 0.25) is 0 Å². The molecule has 22 valence electrons. The van der Waals surface area contributed by atoms with E-state index >= 15 is 0 Å². The summed E-state index contributed by atoms with van der Waals surface area (Å²) in [4.78, 5) is 0. The van der Waals surface area contributed by atoms with Crippen LogP contribution in [0.1, 0.15) is 6.92 Å². The van der Waals surface area contributed by atoms with E-state index in [1.54, 1.807) is 0 Å². The zero-order valence-electron chi connectivity index (χ0n) is 2.59. The average Bonchev–Trinajstić information content (AvgIpc) is 0.918. The Bertz CT molecular complexity index is 6.00. The summed E-state index contributed by atoms with van der Waals surface area (Å²) >= 11 is 5.00. The third-order valence-electron chi connectivity index (χ3n) is 0. The minimum Gasteiger partial charge on any atom is -0.127 e. The van der Waals surface area contributed by atoms with Crippen LogP contribution in [0, 0.1) is 0 Å². The van der Waals surface area contributed by atoms with E-state index in [2.05, 4.69) is 0 Å². The molecule has 0 N–H and O–H groups in total. The second-order valence-corrected chi connectivity index (χ2v) is 0.802. The van der Waals surface area contributed by atoms with E-state index in [4.69, 9.17) is 11.6 Å². The van der Waals surface area contributed by atoms with Crippen molar-refractivity contribution >= 4 is 11.6 Å². The van der Waals surface area contributed by atoms with E-state index in [-0.39, 0.29) is 26.2 Å². The maximum absolute atomic E-state index is 5.00. The number of rotatable bonds is 0. The fourth-order valence-corrected chi connectivity index (χ4v) is 0. The Labute approximate surface area is 50.7 Å². The molecule has 0 aromatic heterocycles. The molecule has 0 aromatic carbocycles. The first-order chi connectivity index (χ1) is 1.41. The van der Waals surface area contributed by atoms with E-state index in [0.29, 0.717) is 0 Å². The van der Waals surface area contributed by atoms with Crippen LogP contribution in [-0.4, -0.2) is 5.88 Å². The Balaban J connectivity index is 0. The molecule has 0 radical (unpaired) electrons. The van der Waals surface area contributed by atoms with E-state index < -0.39 is 0 Å². The predicted molar refractivity (Wildman–Crippen MR) is 16.4 cm³/mol. The van der Waals surface area contributed by atoms with Gasteiger partial charge in [0.15, 0.2) is 0 Å². The Hall–Kier alpha value is 1.17. The first-order valence-corrected chi connectivity index (χ1v) is 1.51. The van der Waals surface area contributed by atoms with Gasteiger partial charge in [0, 0.05) is 5.88 Å². The van der Waals surface area contributed by atoms with Gasteiger partial charge >= 0.3 is 26.2 Å². The summed E-state index contributed by atoms with van der Waals surface area (Å²) in [6.45, 7) is 1.89. The summed E-state index contributed by atoms with van der Waals surface area (Å²) in [5, 5.41) is 0. The van der Waals surface area contributed by atoms with Crippen molar-refractivity contribution in [3.63, 3.8) is 0 Å². The van der Waals surface area contributed by atoms with Gasteiger partial charge < -0.3 is 0 Å². The first kappa shape index (κ1) is 8.95. The molecule has 0 saturated heterocycles. The third kappa shape index (κ3) is 10.9. The SMILES string of the molecule is CCCl.[Zr+2]. The molecule has 0 saturated carbocycles. The van der Waals surface area contributed by atoms with Crippen LogP contribution >= 0.6 is 11.6 Å². The minimum absolute atomic E-state index is 0. The first-order valence-electron chi connectivity index (χ1n) is 0.974. The van der Waals surface area contributed by atoms with Gasteiger partial charge in [0.05, 0.1) is 0 Å². The molecular formula is C2H5ClZr+2. The molecule has 0 rings (SSSR count). The summed E-state index contributed by atoms with van der Waals surface area (Å²) in [7, 11) is 0. The van der Waals surface area contributed by atoms with Crippen molar-refractivity contribution in [2.45, 2.75) is 6.92 Å². The molecule has 2 heteroatoms. The van der Waals surface area contributed by atoms with Crippen molar-refractivity contribution in [3.05, 3.63) is 0 Å². The molecule has 0 aliphatic rings. The van der Waals surface area contributed by atoms with Gasteiger partial charge in [-0.2, -0.15) is 0 Å². The normalized spacial score (nSPS) is 4.50. The van der Waals surface area contributed by atoms with Gasteiger partial charge in [-0.3, -0.25) is 0 Å². The Morgan fingerprint density at radius 2 is 1.75 bits per heavy atom. The van der Waals surface area contributed by atoms with E-state index in [9.17, 15) is 0 Å². The van der Waals surface area contributed by atoms with E-state index in [0.717, 1.165) is 5.88 Å². The van der Waals surface area contributed by atoms with Crippen LogP contribution in [0.25, 0.3) is 0 Å². The Morgan fingerprint density at radius 1 is 1.75 bits per heavy atom. The smallest absolute Gasteiger partial charge is 0.127 e. The summed E-state index contributed by atoms with van der Waals surface area (Å²) in [5.74, 6) is 0.722. The van der Waals surface area contributed by atoms with Crippen LogP contribution in [0.4, 0.5) is 0 Å². The molecule has 0 aromatic rings. The number of halogens is 1. The van der Waals surface area contributed by atoms with Crippen molar-refractivity contribution in [1.82, 2.24) is 0 Å². The molecular weight excluding hydrogens is 151 g/mol. The molecule has 4 heavy (non-hydrogen) atoms. The van der Waals surface area contributed by atoms with Crippen molar-refractivity contribution in [2.24, 2.45) is 0 Å². The molecule has 0 amide bonds. The molecule has 0 fully saturated rings. The van der Waals surface area contributed by atoms with Gasteiger partial charge in [0.25, 0.3) is 0 Å². The van der Waals surface area contributed by atoms with Gasteiger partial charge in [-0.25, -0.2) is 0 Å². The maximum atomic E-state index is 5.00. The van der Waals surface area contributed by atoms with Crippen LogP contribution < -0.4 is 0 Å². The molecule has 0 nitrogen and oxygen atoms in total. The molecule has 0 aliphatic carbocycles. The van der Waals surface area contributed by atoms with Gasteiger partial charge in [-0.15, -0.1) is 11.6 Å². The van der Waals surface area contributed by atoms with E-state index in [1.807, 2.05) is 6.92 Å². The number of hydrogen-bond acceptors (Lipinski definition) is 0. The average molecular weight is 156 g/mol. The quantitative estimate of drug-likeness (QED) is 0.462. The summed E-state index contributed by atoms with van der Waals surface area (Å²) in [5.41, 5.74) is 0. The number of alkyl halides is 1. The van der Waals surface area contributed by atoms with Crippen molar-refractivity contribution in [2.75, 3.05) is 5.88 Å². The zero-order chi connectivity index (χ0) is 2.71. The summed E-state index contributed by atoms with van der Waals surface area (Å²) in [6, 6.07) is 0. The number of hydrogen-bond donors (Lipinski definition) is 0. The van der Waals surface area contributed by atoms with Crippen LogP contribution in [-0.2, 0) is 26.2 Å². The summed E-state index contributed by atoms with van der Waals surface area (Å²) < 4.78 is 0. The molecule has 0 bridgehead atoms. The maximum Gasteiger partial charge on any atom is 2.00 e.